The molecule has 0 amide bonds. The van der Waals surface area contributed by atoms with Crippen LogP contribution in [0.25, 0.3) is 5.57 Å². The van der Waals surface area contributed by atoms with Gasteiger partial charge in [-0.05, 0) is 29.5 Å². The molecule has 0 aliphatic rings. The summed E-state index contributed by atoms with van der Waals surface area (Å²) in [5, 5.41) is 11.7. The molecule has 0 radical (unpaired) electrons. The average molecular weight is 356 g/mol. The van der Waals surface area contributed by atoms with E-state index in [1.807, 2.05) is 27.7 Å². The third-order valence-corrected chi connectivity index (χ3v) is 4.53. The number of allylic oxidation sites excluding steroid dienone is 3. The van der Waals surface area contributed by atoms with Crippen molar-refractivity contribution in [3.63, 3.8) is 0 Å². The Bertz CT molecular complexity index is 840. The van der Waals surface area contributed by atoms with Crippen LogP contribution in [-0.2, 0) is 5.60 Å². The molecule has 4 nitrogen and oxygen atoms in total. The molecule has 1 unspecified atom stereocenters. The summed E-state index contributed by atoms with van der Waals surface area (Å²) in [5.74, 6) is -0.300. The van der Waals surface area contributed by atoms with Gasteiger partial charge in [0.2, 0.25) is 5.88 Å². The van der Waals surface area contributed by atoms with Gasteiger partial charge >= 0.3 is 0 Å². The second-order valence-electron chi connectivity index (χ2n) is 7.19. The molecule has 0 saturated carbocycles. The SMILES string of the molecule is C=C/C=C(\C)c1ccc(C(O)(c2cncnc2OC)C(C)(C)C)c(F)c1. The van der Waals surface area contributed by atoms with Crippen LogP contribution in [0.15, 0.2) is 49.5 Å². The molecule has 0 spiro atoms. The maximum Gasteiger partial charge on any atom is 0.222 e. The minimum absolute atomic E-state index is 0.147. The number of aromatic nitrogens is 2. The standard InChI is InChI=1S/C21H25FN2O2/c1-7-8-14(2)15-9-10-16(18(22)11-15)21(25,20(3,4)5)17-12-23-13-24-19(17)26-6/h7-13,25H,1H2,2-6H3/b14-8+. The molecule has 5 heteroatoms. The Labute approximate surface area is 154 Å². The molecule has 1 heterocycles. The van der Waals surface area contributed by atoms with Crippen LogP contribution >= 0.6 is 0 Å². The maximum atomic E-state index is 15.1. The van der Waals surface area contributed by atoms with Crippen molar-refractivity contribution in [3.05, 3.63) is 72.0 Å². The fourth-order valence-electron chi connectivity index (χ4n) is 3.01. The van der Waals surface area contributed by atoms with Gasteiger partial charge in [0.05, 0.1) is 12.7 Å². The van der Waals surface area contributed by atoms with E-state index in [1.165, 1.54) is 25.7 Å². The Balaban J connectivity index is 2.73. The first-order valence-electron chi connectivity index (χ1n) is 8.33. The molecular weight excluding hydrogens is 331 g/mol. The molecule has 1 N–H and O–H groups in total. The van der Waals surface area contributed by atoms with Crippen LogP contribution in [0, 0.1) is 11.2 Å². The molecule has 0 aliphatic carbocycles. The lowest BCUT2D eigenvalue weighted by molar-refractivity contribution is -0.0311. The summed E-state index contributed by atoms with van der Waals surface area (Å²) in [7, 11) is 1.46. The highest BCUT2D eigenvalue weighted by Crippen LogP contribution is 2.47. The van der Waals surface area contributed by atoms with Crippen LogP contribution in [0.3, 0.4) is 0 Å². The lowest BCUT2D eigenvalue weighted by atomic mass is 9.68. The Morgan fingerprint density at radius 2 is 1.96 bits per heavy atom. The smallest absolute Gasteiger partial charge is 0.222 e. The van der Waals surface area contributed by atoms with Crippen LogP contribution in [0.2, 0.25) is 0 Å². The van der Waals surface area contributed by atoms with Gasteiger partial charge < -0.3 is 9.84 Å². The monoisotopic (exact) mass is 356 g/mol. The molecular formula is C21H25FN2O2. The van der Waals surface area contributed by atoms with E-state index in [1.54, 1.807) is 24.3 Å². The second kappa shape index (κ2) is 7.38. The lowest BCUT2D eigenvalue weighted by Crippen LogP contribution is -2.42. The van der Waals surface area contributed by atoms with Crippen molar-refractivity contribution in [2.45, 2.75) is 33.3 Å². The van der Waals surface area contributed by atoms with Gasteiger partial charge in [-0.2, -0.15) is 0 Å². The van der Waals surface area contributed by atoms with E-state index in [0.29, 0.717) is 5.56 Å². The van der Waals surface area contributed by atoms with Gasteiger partial charge in [-0.25, -0.2) is 14.4 Å². The zero-order valence-corrected chi connectivity index (χ0v) is 15.9. The lowest BCUT2D eigenvalue weighted by Gasteiger charge is -2.41. The first-order valence-corrected chi connectivity index (χ1v) is 8.33. The van der Waals surface area contributed by atoms with E-state index < -0.39 is 16.8 Å². The Kier molecular flexibility index (Phi) is 5.62. The third-order valence-electron chi connectivity index (χ3n) is 4.53. The first-order chi connectivity index (χ1) is 12.2. The Morgan fingerprint density at radius 3 is 2.50 bits per heavy atom. The van der Waals surface area contributed by atoms with Gasteiger partial charge in [0.25, 0.3) is 0 Å². The van der Waals surface area contributed by atoms with Crippen molar-refractivity contribution in [1.82, 2.24) is 9.97 Å². The highest BCUT2D eigenvalue weighted by Gasteiger charge is 2.47. The Morgan fingerprint density at radius 1 is 1.27 bits per heavy atom. The van der Waals surface area contributed by atoms with Crippen LogP contribution < -0.4 is 4.74 Å². The molecule has 2 rings (SSSR count). The number of methoxy groups -OCH3 is 1. The summed E-state index contributed by atoms with van der Waals surface area (Å²) in [4.78, 5) is 8.07. The highest BCUT2D eigenvalue weighted by molar-refractivity contribution is 5.65. The predicted octanol–water partition coefficient (Wildman–Crippen LogP) is 4.50. The fraction of sp³-hybridized carbons (Fsp3) is 0.333. The number of ether oxygens (including phenoxy) is 1. The summed E-state index contributed by atoms with van der Waals surface area (Å²) in [6, 6.07) is 4.79. The van der Waals surface area contributed by atoms with Crippen LogP contribution in [0.5, 0.6) is 5.88 Å². The summed E-state index contributed by atoms with van der Waals surface area (Å²) in [6.45, 7) is 11.0. The number of nitrogens with zero attached hydrogens (tertiary/aromatic N) is 2. The molecule has 138 valence electrons. The van der Waals surface area contributed by atoms with E-state index in [9.17, 15) is 5.11 Å². The minimum Gasteiger partial charge on any atom is -0.481 e. The van der Waals surface area contributed by atoms with Crippen molar-refractivity contribution in [2.75, 3.05) is 7.11 Å². The van der Waals surface area contributed by atoms with Crippen molar-refractivity contribution in [1.29, 1.82) is 0 Å². The average Bonchev–Trinajstić information content (AvgIpc) is 2.60. The maximum absolute atomic E-state index is 15.1. The quantitative estimate of drug-likeness (QED) is 0.802. The van der Waals surface area contributed by atoms with Gasteiger partial charge in [0.1, 0.15) is 17.7 Å². The Hall–Kier alpha value is -2.53. The second-order valence-corrected chi connectivity index (χ2v) is 7.19. The van der Waals surface area contributed by atoms with Crippen molar-refractivity contribution in [3.8, 4) is 5.88 Å². The molecule has 0 aliphatic heterocycles. The number of hydrogen-bond acceptors (Lipinski definition) is 4. The normalized spacial score (nSPS) is 14.7. The minimum atomic E-state index is -1.68. The summed E-state index contributed by atoms with van der Waals surface area (Å²) in [5.41, 5.74) is -0.366. The number of aliphatic hydroxyl groups is 1. The van der Waals surface area contributed by atoms with Crippen LogP contribution in [0.4, 0.5) is 4.39 Å². The topological polar surface area (TPSA) is 55.2 Å². The molecule has 0 bridgehead atoms. The molecule has 1 atom stereocenters. The first kappa shape index (κ1) is 19.8. The number of halogens is 1. The zero-order chi connectivity index (χ0) is 19.5. The molecule has 0 saturated heterocycles. The molecule has 1 aromatic carbocycles. The van der Waals surface area contributed by atoms with E-state index in [-0.39, 0.29) is 11.4 Å². The largest absolute Gasteiger partial charge is 0.481 e. The van der Waals surface area contributed by atoms with Crippen LogP contribution in [-0.4, -0.2) is 22.2 Å². The number of hydrogen-bond donors (Lipinski definition) is 1. The molecule has 2 aromatic rings. The number of benzene rings is 1. The van der Waals surface area contributed by atoms with E-state index in [4.69, 9.17) is 4.74 Å². The van der Waals surface area contributed by atoms with E-state index in [0.717, 1.165) is 11.1 Å². The summed E-state index contributed by atoms with van der Waals surface area (Å²) >= 11 is 0. The highest BCUT2D eigenvalue weighted by atomic mass is 19.1. The molecule has 0 fully saturated rings. The van der Waals surface area contributed by atoms with E-state index in [2.05, 4.69) is 16.5 Å². The van der Waals surface area contributed by atoms with Gasteiger partial charge in [0, 0.05) is 11.8 Å². The van der Waals surface area contributed by atoms with Gasteiger partial charge in [0.15, 0.2) is 0 Å². The predicted molar refractivity (Wildman–Crippen MR) is 101 cm³/mol. The fourth-order valence-corrected chi connectivity index (χ4v) is 3.01. The summed E-state index contributed by atoms with van der Waals surface area (Å²) < 4.78 is 20.4. The van der Waals surface area contributed by atoms with Gasteiger partial charge in [-0.1, -0.05) is 51.6 Å². The molecule has 26 heavy (non-hydrogen) atoms. The summed E-state index contributed by atoms with van der Waals surface area (Å²) in [6.07, 6.45) is 6.25. The zero-order valence-electron chi connectivity index (χ0n) is 15.9. The van der Waals surface area contributed by atoms with Crippen molar-refractivity contribution in [2.24, 2.45) is 5.41 Å². The van der Waals surface area contributed by atoms with Crippen molar-refractivity contribution >= 4 is 5.57 Å². The third kappa shape index (κ3) is 3.40. The van der Waals surface area contributed by atoms with Gasteiger partial charge in [-0.15, -0.1) is 0 Å². The van der Waals surface area contributed by atoms with E-state index >= 15 is 4.39 Å². The van der Waals surface area contributed by atoms with Crippen LogP contribution in [0.1, 0.15) is 44.4 Å². The number of rotatable bonds is 5. The van der Waals surface area contributed by atoms with Gasteiger partial charge in [-0.3, -0.25) is 0 Å². The van der Waals surface area contributed by atoms with Crippen molar-refractivity contribution < 1.29 is 14.2 Å². The molecule has 1 aromatic heterocycles.